The number of methoxy groups -OCH3 is 1. The van der Waals surface area contributed by atoms with Crippen molar-refractivity contribution in [1.82, 2.24) is 9.55 Å². The van der Waals surface area contributed by atoms with Crippen LogP contribution in [0.3, 0.4) is 0 Å². The number of nitrogens with zero attached hydrogens (tertiary/aromatic N) is 3. The Hall–Kier alpha value is -3.51. The fraction of sp³-hybridized carbons (Fsp3) is 0.259. The van der Waals surface area contributed by atoms with Crippen LogP contribution in [0.4, 0.5) is 5.69 Å². The van der Waals surface area contributed by atoms with Crippen LogP contribution < -0.4 is 14.4 Å². The largest absolute Gasteiger partial charge is 0.497 e. The van der Waals surface area contributed by atoms with Gasteiger partial charge in [-0.1, -0.05) is 23.7 Å². The van der Waals surface area contributed by atoms with E-state index in [9.17, 15) is 4.79 Å². The smallest absolute Gasteiger partial charge is 0.227 e. The Labute approximate surface area is 203 Å². The first-order chi connectivity index (χ1) is 16.5. The standard InChI is InChI=1S/C27H26ClN3O3/c1-18-15-22(11-12-23(18)28)34-14-13-30-25-6-4-3-5-24(25)29-27(30)19-16-26(32)31(17-19)20-7-9-21(33-2)10-8-20/h3-12,15,19H,13-14,16-17H2,1-2H3/t19-/m0/s1. The Balaban J connectivity index is 1.38. The summed E-state index contributed by atoms with van der Waals surface area (Å²) in [6, 6.07) is 21.3. The summed E-state index contributed by atoms with van der Waals surface area (Å²) in [7, 11) is 1.63. The molecule has 7 heteroatoms. The lowest BCUT2D eigenvalue weighted by Crippen LogP contribution is -2.24. The van der Waals surface area contributed by atoms with Gasteiger partial charge in [0.05, 0.1) is 24.7 Å². The Morgan fingerprint density at radius 1 is 1.06 bits per heavy atom. The Bertz CT molecular complexity index is 1330. The molecule has 1 fully saturated rings. The molecule has 1 saturated heterocycles. The van der Waals surface area contributed by atoms with E-state index in [1.807, 2.05) is 72.5 Å². The molecule has 0 aliphatic carbocycles. The minimum absolute atomic E-state index is 0.000206. The third-order valence-corrected chi connectivity index (χ3v) is 6.70. The average molecular weight is 476 g/mol. The predicted molar refractivity (Wildman–Crippen MR) is 134 cm³/mol. The van der Waals surface area contributed by atoms with Gasteiger partial charge in [0.15, 0.2) is 0 Å². The first kappa shape index (κ1) is 22.3. The number of hydrogen-bond acceptors (Lipinski definition) is 4. The van der Waals surface area contributed by atoms with Crippen LogP contribution in [0.15, 0.2) is 66.7 Å². The summed E-state index contributed by atoms with van der Waals surface area (Å²) in [5, 5.41) is 0.725. The fourth-order valence-corrected chi connectivity index (χ4v) is 4.61. The Morgan fingerprint density at radius 2 is 1.82 bits per heavy atom. The molecule has 34 heavy (non-hydrogen) atoms. The molecule has 1 aromatic heterocycles. The number of benzene rings is 3. The van der Waals surface area contributed by atoms with Gasteiger partial charge >= 0.3 is 0 Å². The number of para-hydroxylation sites is 2. The van der Waals surface area contributed by atoms with Crippen molar-refractivity contribution >= 4 is 34.2 Å². The lowest BCUT2D eigenvalue weighted by atomic mass is 10.1. The van der Waals surface area contributed by atoms with Gasteiger partial charge in [-0.25, -0.2) is 4.98 Å². The molecule has 1 amide bonds. The number of ether oxygens (including phenoxy) is 2. The van der Waals surface area contributed by atoms with Crippen molar-refractivity contribution in [2.24, 2.45) is 0 Å². The molecule has 1 aliphatic heterocycles. The third-order valence-electron chi connectivity index (χ3n) is 6.27. The summed E-state index contributed by atoms with van der Waals surface area (Å²) in [6.45, 7) is 3.66. The number of aryl methyl sites for hydroxylation is 1. The molecule has 4 aromatic rings. The number of fused-ring (bicyclic) bond motifs is 1. The highest BCUT2D eigenvalue weighted by Crippen LogP contribution is 2.34. The van der Waals surface area contributed by atoms with Crippen LogP contribution in [0.25, 0.3) is 11.0 Å². The Morgan fingerprint density at radius 3 is 2.59 bits per heavy atom. The van der Waals surface area contributed by atoms with E-state index in [1.54, 1.807) is 7.11 Å². The third kappa shape index (κ3) is 4.33. The second-order valence-electron chi connectivity index (χ2n) is 8.47. The zero-order valence-corrected chi connectivity index (χ0v) is 20.0. The van der Waals surface area contributed by atoms with Crippen molar-refractivity contribution in [2.75, 3.05) is 25.2 Å². The van der Waals surface area contributed by atoms with E-state index in [2.05, 4.69) is 10.6 Å². The van der Waals surface area contributed by atoms with Gasteiger partial charge in [-0.3, -0.25) is 4.79 Å². The van der Waals surface area contributed by atoms with E-state index in [1.165, 1.54) is 0 Å². The van der Waals surface area contributed by atoms with Crippen LogP contribution in [0.5, 0.6) is 11.5 Å². The molecule has 174 valence electrons. The number of amides is 1. The van der Waals surface area contributed by atoms with Crippen LogP contribution in [-0.2, 0) is 11.3 Å². The first-order valence-electron chi connectivity index (χ1n) is 11.3. The number of carbonyl (C=O) groups excluding carboxylic acids is 1. The molecule has 0 saturated carbocycles. The summed E-state index contributed by atoms with van der Waals surface area (Å²) in [4.78, 5) is 19.7. The summed E-state index contributed by atoms with van der Waals surface area (Å²) in [5.41, 5.74) is 3.83. The maximum absolute atomic E-state index is 12.9. The van der Waals surface area contributed by atoms with Gasteiger partial charge < -0.3 is 18.9 Å². The number of anilines is 1. The van der Waals surface area contributed by atoms with Gasteiger partial charge in [0.2, 0.25) is 5.91 Å². The topological polar surface area (TPSA) is 56.6 Å². The molecular weight excluding hydrogens is 450 g/mol. The summed E-state index contributed by atoms with van der Waals surface area (Å²) in [6.07, 6.45) is 0.423. The monoisotopic (exact) mass is 475 g/mol. The molecule has 0 spiro atoms. The second-order valence-corrected chi connectivity index (χ2v) is 8.88. The van der Waals surface area contributed by atoms with Crippen LogP contribution >= 0.6 is 11.6 Å². The van der Waals surface area contributed by atoms with Crippen molar-refractivity contribution in [2.45, 2.75) is 25.8 Å². The molecule has 0 bridgehead atoms. The van der Waals surface area contributed by atoms with Crippen molar-refractivity contribution < 1.29 is 14.3 Å². The number of rotatable bonds is 7. The lowest BCUT2D eigenvalue weighted by Gasteiger charge is -2.18. The lowest BCUT2D eigenvalue weighted by molar-refractivity contribution is -0.117. The molecule has 0 unspecified atom stereocenters. The summed E-state index contributed by atoms with van der Waals surface area (Å²) >= 11 is 6.13. The van der Waals surface area contributed by atoms with Crippen molar-refractivity contribution in [1.29, 1.82) is 0 Å². The highest BCUT2D eigenvalue weighted by molar-refractivity contribution is 6.31. The van der Waals surface area contributed by atoms with Crippen LogP contribution in [-0.4, -0.2) is 35.7 Å². The molecule has 2 heterocycles. The minimum Gasteiger partial charge on any atom is -0.497 e. The molecule has 0 radical (unpaired) electrons. The molecule has 3 aromatic carbocycles. The van der Waals surface area contributed by atoms with Crippen LogP contribution in [0.2, 0.25) is 5.02 Å². The van der Waals surface area contributed by atoms with E-state index < -0.39 is 0 Å². The van der Waals surface area contributed by atoms with Crippen molar-refractivity contribution in [3.63, 3.8) is 0 Å². The zero-order valence-electron chi connectivity index (χ0n) is 19.2. The molecule has 1 atom stereocenters. The average Bonchev–Trinajstić information content (AvgIpc) is 3.42. The van der Waals surface area contributed by atoms with E-state index in [-0.39, 0.29) is 11.8 Å². The molecular formula is C27H26ClN3O3. The van der Waals surface area contributed by atoms with Gasteiger partial charge in [-0.15, -0.1) is 0 Å². The predicted octanol–water partition coefficient (Wildman–Crippen LogP) is 5.61. The number of hydrogen-bond donors (Lipinski definition) is 0. The van der Waals surface area contributed by atoms with Gasteiger partial charge in [-0.05, 0) is 67.1 Å². The molecule has 0 N–H and O–H groups in total. The van der Waals surface area contributed by atoms with Crippen LogP contribution in [0, 0.1) is 6.92 Å². The van der Waals surface area contributed by atoms with Gasteiger partial charge in [0, 0.05) is 29.6 Å². The van der Waals surface area contributed by atoms with Gasteiger partial charge in [0.25, 0.3) is 0 Å². The quantitative estimate of drug-likeness (QED) is 0.349. The zero-order chi connectivity index (χ0) is 23.7. The molecule has 5 rings (SSSR count). The highest BCUT2D eigenvalue weighted by Gasteiger charge is 2.34. The highest BCUT2D eigenvalue weighted by atomic mass is 35.5. The summed E-state index contributed by atoms with van der Waals surface area (Å²) < 4.78 is 13.5. The maximum atomic E-state index is 12.9. The van der Waals surface area contributed by atoms with Gasteiger partial charge in [-0.2, -0.15) is 0 Å². The van der Waals surface area contributed by atoms with E-state index >= 15 is 0 Å². The van der Waals surface area contributed by atoms with Crippen LogP contribution in [0.1, 0.15) is 23.7 Å². The van der Waals surface area contributed by atoms with E-state index in [4.69, 9.17) is 26.1 Å². The SMILES string of the molecule is COc1ccc(N2C[C@@H](c3nc4ccccc4n3CCOc3ccc(Cl)c(C)c3)CC2=O)cc1. The number of imidazole rings is 1. The van der Waals surface area contributed by atoms with E-state index in [0.717, 1.165) is 44.6 Å². The fourth-order valence-electron chi connectivity index (χ4n) is 4.49. The molecule has 1 aliphatic rings. The summed E-state index contributed by atoms with van der Waals surface area (Å²) in [5.74, 6) is 2.57. The van der Waals surface area contributed by atoms with Crippen molar-refractivity contribution in [3.05, 3.63) is 83.1 Å². The second kappa shape index (κ2) is 9.39. The van der Waals surface area contributed by atoms with Crippen molar-refractivity contribution in [3.8, 4) is 11.5 Å². The number of aromatic nitrogens is 2. The Kier molecular flexibility index (Phi) is 6.16. The van der Waals surface area contributed by atoms with E-state index in [0.29, 0.717) is 26.1 Å². The minimum atomic E-state index is -0.000206. The number of halogens is 1. The number of carbonyl (C=O) groups is 1. The normalized spacial score (nSPS) is 15.8. The molecule has 6 nitrogen and oxygen atoms in total. The van der Waals surface area contributed by atoms with Gasteiger partial charge in [0.1, 0.15) is 23.9 Å². The first-order valence-corrected chi connectivity index (χ1v) is 11.7. The maximum Gasteiger partial charge on any atom is 0.227 e.